The Kier molecular flexibility index (Phi) is 12.1. The minimum absolute atomic E-state index is 0.0125. The summed E-state index contributed by atoms with van der Waals surface area (Å²) in [5.41, 5.74) is -3.94. The number of nitrogens with zero attached hydrogens (tertiary/aromatic N) is 6. The van der Waals surface area contributed by atoms with Crippen LogP contribution in [0.3, 0.4) is 0 Å². The van der Waals surface area contributed by atoms with Gasteiger partial charge >= 0.3 is 34.1 Å². The van der Waals surface area contributed by atoms with Crippen molar-refractivity contribution in [2.75, 3.05) is 0 Å². The number of rotatable bonds is 18. The molecule has 0 aliphatic rings. The summed E-state index contributed by atoms with van der Waals surface area (Å²) in [5, 5.41) is 0. The lowest BCUT2D eigenvalue weighted by Crippen LogP contribution is -2.54. The van der Waals surface area contributed by atoms with Crippen LogP contribution in [0.5, 0.6) is 0 Å². The van der Waals surface area contributed by atoms with Crippen molar-refractivity contribution in [3.63, 3.8) is 0 Å². The highest BCUT2D eigenvalue weighted by atomic mass is 16.2. The number of unbranched alkanes of at least 4 members (excludes halogenated alkanes) is 6. The molecule has 0 unspecified atom stereocenters. The molecule has 12 heteroatoms. The molecule has 212 valence electrons. The zero-order valence-corrected chi connectivity index (χ0v) is 22.5. The fraction of sp³-hybridized carbons (Fsp3) is 0.481. The molecule has 0 amide bonds. The van der Waals surface area contributed by atoms with E-state index in [0.717, 1.165) is 59.5 Å². The Bertz CT molecular complexity index is 1330. The van der Waals surface area contributed by atoms with Gasteiger partial charge in [-0.1, -0.05) is 56.4 Å². The summed E-state index contributed by atoms with van der Waals surface area (Å²) in [4.78, 5) is 75.5. The molecule has 0 spiro atoms. The molecule has 0 radical (unpaired) electrons. The van der Waals surface area contributed by atoms with E-state index in [4.69, 9.17) is 0 Å². The van der Waals surface area contributed by atoms with Crippen LogP contribution in [0.15, 0.2) is 79.4 Å². The molecule has 0 N–H and O–H groups in total. The van der Waals surface area contributed by atoms with E-state index >= 15 is 0 Å². The Morgan fingerprint density at radius 3 is 0.795 bits per heavy atom. The zero-order valence-electron chi connectivity index (χ0n) is 22.5. The normalized spacial score (nSPS) is 10.9. The first-order valence-corrected chi connectivity index (χ1v) is 13.1. The van der Waals surface area contributed by atoms with E-state index in [1.165, 1.54) is 24.3 Å². The number of allylic oxidation sites excluding steroid dienone is 4. The van der Waals surface area contributed by atoms with Gasteiger partial charge in [-0.15, -0.1) is 26.3 Å². The molecule has 0 aliphatic carbocycles. The van der Waals surface area contributed by atoms with Crippen molar-refractivity contribution in [1.29, 1.82) is 0 Å². The van der Waals surface area contributed by atoms with Crippen LogP contribution < -0.4 is 34.1 Å². The SMILES string of the molecule is C=CCn1c(=O)n(CC=C)c(=O)n(CCCCCCCCCn2c(=O)n(CC=C)c(=O)n(CC=C)c2=O)c1=O. The van der Waals surface area contributed by atoms with Crippen LogP contribution in [0, 0.1) is 0 Å². The fourth-order valence-electron chi connectivity index (χ4n) is 4.31. The van der Waals surface area contributed by atoms with Crippen molar-refractivity contribution >= 4 is 0 Å². The van der Waals surface area contributed by atoms with Crippen LogP contribution in [-0.2, 0) is 39.3 Å². The standard InChI is InChI=1S/C27H38N6O6/c1-5-16-28-22(34)29(17-6-2)25(37)32(24(28)36)20-14-12-10-9-11-13-15-21-33-26(38)30(18-7-3)23(35)31(19-8-4)27(33)39/h5-8H,1-4,9-21H2. The lowest BCUT2D eigenvalue weighted by Gasteiger charge is -2.12. The third-order valence-corrected chi connectivity index (χ3v) is 6.28. The predicted octanol–water partition coefficient (Wildman–Crippen LogP) is 0.832. The summed E-state index contributed by atoms with van der Waals surface area (Å²) in [6.45, 7) is 14.7. The van der Waals surface area contributed by atoms with E-state index in [2.05, 4.69) is 26.3 Å². The molecule has 0 atom stereocenters. The Labute approximate surface area is 225 Å². The minimum Gasteiger partial charge on any atom is -0.247 e. The highest BCUT2D eigenvalue weighted by Crippen LogP contribution is 2.08. The third kappa shape index (κ3) is 7.43. The summed E-state index contributed by atoms with van der Waals surface area (Å²) >= 11 is 0. The molecule has 39 heavy (non-hydrogen) atoms. The average Bonchev–Trinajstić information content (AvgIpc) is 2.91. The van der Waals surface area contributed by atoms with Gasteiger partial charge in [0.2, 0.25) is 0 Å². The first-order valence-electron chi connectivity index (χ1n) is 13.1. The average molecular weight is 543 g/mol. The summed E-state index contributed by atoms with van der Waals surface area (Å²) in [5.74, 6) is 0. The number of hydrogen-bond acceptors (Lipinski definition) is 6. The maximum absolute atomic E-state index is 12.7. The molecule has 2 aromatic heterocycles. The molecule has 0 aliphatic heterocycles. The van der Waals surface area contributed by atoms with Crippen molar-refractivity contribution in [2.45, 2.75) is 84.2 Å². The van der Waals surface area contributed by atoms with Crippen LogP contribution in [0.1, 0.15) is 44.9 Å². The minimum atomic E-state index is -0.678. The zero-order chi connectivity index (χ0) is 28.9. The molecule has 0 saturated carbocycles. The number of aromatic nitrogens is 6. The van der Waals surface area contributed by atoms with E-state index < -0.39 is 34.1 Å². The number of hydrogen-bond donors (Lipinski definition) is 0. The molecular formula is C27H38N6O6. The van der Waals surface area contributed by atoms with E-state index in [1.54, 1.807) is 0 Å². The first kappa shape index (κ1) is 31.0. The van der Waals surface area contributed by atoms with E-state index in [9.17, 15) is 28.8 Å². The molecule has 0 bridgehead atoms. The van der Waals surface area contributed by atoms with Crippen LogP contribution in [0.25, 0.3) is 0 Å². The van der Waals surface area contributed by atoms with Gasteiger partial charge in [0.25, 0.3) is 0 Å². The van der Waals surface area contributed by atoms with Gasteiger partial charge < -0.3 is 0 Å². The lowest BCUT2D eigenvalue weighted by atomic mass is 10.1. The molecule has 2 rings (SSSR count). The van der Waals surface area contributed by atoms with Gasteiger partial charge in [-0.05, 0) is 12.8 Å². The molecule has 0 saturated heterocycles. The predicted molar refractivity (Wildman–Crippen MR) is 152 cm³/mol. The lowest BCUT2D eigenvalue weighted by molar-refractivity contribution is 0.447. The van der Waals surface area contributed by atoms with Gasteiger partial charge in [0.05, 0.1) is 26.2 Å². The van der Waals surface area contributed by atoms with Crippen LogP contribution >= 0.6 is 0 Å². The van der Waals surface area contributed by atoms with Gasteiger partial charge in [-0.25, -0.2) is 56.2 Å². The third-order valence-electron chi connectivity index (χ3n) is 6.28. The van der Waals surface area contributed by atoms with Gasteiger partial charge in [0.1, 0.15) is 0 Å². The Balaban J connectivity index is 1.91. The second kappa shape index (κ2) is 15.3. The summed E-state index contributed by atoms with van der Waals surface area (Å²) in [6, 6.07) is 0. The van der Waals surface area contributed by atoms with Crippen molar-refractivity contribution in [3.05, 3.63) is 114 Å². The first-order chi connectivity index (χ1) is 18.7. The van der Waals surface area contributed by atoms with Crippen molar-refractivity contribution < 1.29 is 0 Å². The molecule has 0 aromatic carbocycles. The van der Waals surface area contributed by atoms with E-state index in [1.807, 2.05) is 0 Å². The quantitative estimate of drug-likeness (QED) is 0.203. The van der Waals surface area contributed by atoms with Crippen molar-refractivity contribution in [3.8, 4) is 0 Å². The largest absolute Gasteiger partial charge is 0.336 e. The maximum atomic E-state index is 12.7. The fourth-order valence-corrected chi connectivity index (χ4v) is 4.31. The molecule has 2 aromatic rings. The van der Waals surface area contributed by atoms with Gasteiger partial charge in [-0.3, -0.25) is 0 Å². The smallest absolute Gasteiger partial charge is 0.247 e. The topological polar surface area (TPSA) is 132 Å². The highest BCUT2D eigenvalue weighted by Gasteiger charge is 2.15. The molecular weight excluding hydrogens is 504 g/mol. The van der Waals surface area contributed by atoms with Crippen LogP contribution in [0.4, 0.5) is 0 Å². The highest BCUT2D eigenvalue weighted by molar-refractivity contribution is 4.86. The van der Waals surface area contributed by atoms with Gasteiger partial charge in [0, 0.05) is 13.1 Å². The second-order valence-corrected chi connectivity index (χ2v) is 9.07. The Morgan fingerprint density at radius 1 is 0.359 bits per heavy atom. The molecule has 2 heterocycles. The van der Waals surface area contributed by atoms with Gasteiger partial charge in [-0.2, -0.15) is 0 Å². The van der Waals surface area contributed by atoms with Crippen molar-refractivity contribution in [1.82, 2.24) is 27.4 Å². The van der Waals surface area contributed by atoms with Crippen LogP contribution in [0.2, 0.25) is 0 Å². The summed E-state index contributed by atoms with van der Waals surface area (Å²) in [7, 11) is 0. The van der Waals surface area contributed by atoms with E-state index in [0.29, 0.717) is 12.8 Å². The summed E-state index contributed by atoms with van der Waals surface area (Å²) in [6.07, 6.45) is 11.1. The van der Waals surface area contributed by atoms with Crippen LogP contribution in [-0.4, -0.2) is 27.4 Å². The Hall–Kier alpha value is -4.22. The molecule has 0 fully saturated rings. The van der Waals surface area contributed by atoms with Gasteiger partial charge in [0.15, 0.2) is 0 Å². The van der Waals surface area contributed by atoms with Crippen molar-refractivity contribution in [2.24, 2.45) is 0 Å². The van der Waals surface area contributed by atoms with E-state index in [-0.39, 0.29) is 39.3 Å². The second-order valence-electron chi connectivity index (χ2n) is 9.07. The summed E-state index contributed by atoms with van der Waals surface area (Å²) < 4.78 is 6.10. The molecule has 12 nitrogen and oxygen atoms in total. The monoisotopic (exact) mass is 542 g/mol. The maximum Gasteiger partial charge on any atom is 0.336 e. The Morgan fingerprint density at radius 2 is 0.564 bits per heavy atom.